The molecular weight excluding hydrogens is 396 g/mol. The molecule has 1 N–H and O–H groups in total. The molecule has 0 unspecified atom stereocenters. The van der Waals surface area contributed by atoms with Crippen LogP contribution in [-0.4, -0.2) is 32.2 Å². The van der Waals surface area contributed by atoms with Crippen molar-refractivity contribution in [1.29, 1.82) is 0 Å². The maximum atomic E-state index is 6.39. The molecule has 0 aliphatic carbocycles. The van der Waals surface area contributed by atoms with E-state index in [2.05, 4.69) is 84.2 Å². The lowest BCUT2D eigenvalue weighted by Gasteiger charge is -2.31. The summed E-state index contributed by atoms with van der Waals surface area (Å²) < 4.78 is 11.8. The molecule has 3 aromatic carbocycles. The Balaban J connectivity index is 1.55. The van der Waals surface area contributed by atoms with Crippen LogP contribution in [0.1, 0.15) is 29.2 Å². The summed E-state index contributed by atoms with van der Waals surface area (Å²) in [6.45, 7) is 1.41. The van der Waals surface area contributed by atoms with Gasteiger partial charge < -0.3 is 14.8 Å². The van der Waals surface area contributed by atoms with Crippen molar-refractivity contribution >= 4 is 5.90 Å². The molecule has 2 aliphatic heterocycles. The van der Waals surface area contributed by atoms with Crippen LogP contribution in [0.3, 0.4) is 0 Å². The van der Waals surface area contributed by atoms with Crippen LogP contribution in [0.25, 0.3) is 0 Å². The van der Waals surface area contributed by atoms with Gasteiger partial charge in [-0.3, -0.25) is 0 Å². The van der Waals surface area contributed by atoms with Crippen molar-refractivity contribution in [3.05, 3.63) is 119 Å². The van der Waals surface area contributed by atoms with Gasteiger partial charge in [-0.1, -0.05) is 91.0 Å². The number of nitrogens with one attached hydrogen (secondary N) is 1. The average molecular weight is 425 g/mol. The van der Waals surface area contributed by atoms with Gasteiger partial charge in [0, 0.05) is 25.4 Å². The molecule has 0 bridgehead atoms. The molecule has 2 aliphatic rings. The molecule has 4 heteroatoms. The maximum Gasteiger partial charge on any atom is 0.211 e. The Morgan fingerprint density at radius 2 is 1.53 bits per heavy atom. The monoisotopic (exact) mass is 424 g/mol. The van der Waals surface area contributed by atoms with E-state index in [9.17, 15) is 0 Å². The van der Waals surface area contributed by atoms with E-state index in [4.69, 9.17) is 14.5 Å². The molecule has 0 spiro atoms. The lowest BCUT2D eigenvalue weighted by molar-refractivity contribution is 0.120. The van der Waals surface area contributed by atoms with Crippen molar-refractivity contribution in [2.45, 2.75) is 24.0 Å². The van der Waals surface area contributed by atoms with Gasteiger partial charge in [-0.15, -0.1) is 0 Å². The molecule has 162 valence electrons. The van der Waals surface area contributed by atoms with Gasteiger partial charge in [0.25, 0.3) is 0 Å². The zero-order valence-electron chi connectivity index (χ0n) is 18.3. The largest absolute Gasteiger partial charge is 0.467 e. The van der Waals surface area contributed by atoms with Crippen LogP contribution < -0.4 is 5.32 Å². The number of allylic oxidation sites excluding steroid dienone is 1. The van der Waals surface area contributed by atoms with E-state index in [1.807, 2.05) is 18.2 Å². The van der Waals surface area contributed by atoms with E-state index in [1.165, 1.54) is 11.1 Å². The van der Waals surface area contributed by atoms with Crippen molar-refractivity contribution in [2.75, 3.05) is 20.3 Å². The third kappa shape index (κ3) is 3.71. The Morgan fingerprint density at radius 3 is 2.12 bits per heavy atom. The maximum absolute atomic E-state index is 6.39. The second-order valence-corrected chi connectivity index (χ2v) is 8.31. The minimum atomic E-state index is -0.254. The quantitative estimate of drug-likeness (QED) is 0.603. The topological polar surface area (TPSA) is 42.8 Å². The lowest BCUT2D eigenvalue weighted by atomic mass is 9.71. The molecule has 5 rings (SSSR count). The fraction of sp³-hybridized carbons (Fsp3) is 0.250. The van der Waals surface area contributed by atoms with Crippen molar-refractivity contribution in [2.24, 2.45) is 4.99 Å². The van der Waals surface area contributed by atoms with Crippen LogP contribution in [-0.2, 0) is 14.9 Å². The lowest BCUT2D eigenvalue weighted by Crippen LogP contribution is -2.29. The summed E-state index contributed by atoms with van der Waals surface area (Å²) in [7, 11) is 1.71. The summed E-state index contributed by atoms with van der Waals surface area (Å²) in [6.07, 6.45) is 2.93. The third-order valence-electron chi connectivity index (χ3n) is 6.43. The predicted molar refractivity (Wildman–Crippen MR) is 128 cm³/mol. The number of rotatable bonds is 6. The van der Waals surface area contributed by atoms with Gasteiger partial charge in [0.1, 0.15) is 6.04 Å². The predicted octanol–water partition coefficient (Wildman–Crippen LogP) is 5.03. The van der Waals surface area contributed by atoms with Crippen LogP contribution in [0.5, 0.6) is 0 Å². The second kappa shape index (κ2) is 9.01. The van der Waals surface area contributed by atoms with E-state index < -0.39 is 0 Å². The number of nitrogens with zero attached hydrogens (tertiary/aromatic N) is 1. The fourth-order valence-electron chi connectivity index (χ4n) is 4.95. The van der Waals surface area contributed by atoms with Crippen molar-refractivity contribution in [1.82, 2.24) is 5.32 Å². The minimum Gasteiger partial charge on any atom is -0.467 e. The van der Waals surface area contributed by atoms with E-state index in [-0.39, 0.29) is 17.6 Å². The molecule has 4 nitrogen and oxygen atoms in total. The molecular formula is C28H28N2O2. The van der Waals surface area contributed by atoms with E-state index in [0.29, 0.717) is 12.5 Å². The van der Waals surface area contributed by atoms with Gasteiger partial charge >= 0.3 is 0 Å². The standard InChI is InChI=1S/C28H28N2O2/c1-31-20-24-27(21-11-5-2-6-12-21)32-26(30-24)19-25-28(17-18-29-25,22-13-7-3-8-14-22)23-15-9-4-10-16-23/h2-16,19,24,27,29H,17-18,20H2,1H3/b25-19-/t24-,27-/m0/s1. The Bertz CT molecular complexity index is 1050. The number of hydrogen-bond acceptors (Lipinski definition) is 4. The number of hydrogen-bond donors (Lipinski definition) is 1. The fourth-order valence-corrected chi connectivity index (χ4v) is 4.95. The minimum absolute atomic E-state index is 0.0708. The van der Waals surface area contributed by atoms with E-state index >= 15 is 0 Å². The van der Waals surface area contributed by atoms with E-state index in [0.717, 1.165) is 24.2 Å². The Morgan fingerprint density at radius 1 is 0.938 bits per heavy atom. The first-order chi connectivity index (χ1) is 15.8. The van der Waals surface area contributed by atoms with Crippen LogP contribution in [0, 0.1) is 0 Å². The summed E-state index contributed by atoms with van der Waals surface area (Å²) >= 11 is 0. The summed E-state index contributed by atoms with van der Waals surface area (Å²) in [4.78, 5) is 4.91. The van der Waals surface area contributed by atoms with Gasteiger partial charge in [-0.2, -0.15) is 0 Å². The molecule has 1 fully saturated rings. The van der Waals surface area contributed by atoms with Crippen LogP contribution >= 0.6 is 0 Å². The molecule has 2 atom stereocenters. The highest BCUT2D eigenvalue weighted by Crippen LogP contribution is 2.44. The summed E-state index contributed by atoms with van der Waals surface area (Å²) in [6, 6.07) is 31.6. The Kier molecular flexibility index (Phi) is 5.78. The normalized spacial score (nSPS) is 22.9. The number of aliphatic imine (C=N–C) groups is 1. The first kappa shape index (κ1) is 20.5. The highest BCUT2D eigenvalue weighted by Gasteiger charge is 2.43. The first-order valence-corrected chi connectivity index (χ1v) is 11.2. The van der Waals surface area contributed by atoms with Crippen LogP contribution in [0.2, 0.25) is 0 Å². The highest BCUT2D eigenvalue weighted by atomic mass is 16.5. The summed E-state index contributed by atoms with van der Waals surface area (Å²) in [5, 5.41) is 3.64. The number of ether oxygens (including phenoxy) is 2. The van der Waals surface area contributed by atoms with Crippen LogP contribution in [0.4, 0.5) is 0 Å². The second-order valence-electron chi connectivity index (χ2n) is 8.31. The molecule has 0 aromatic heterocycles. The van der Waals surface area contributed by atoms with Crippen molar-refractivity contribution < 1.29 is 9.47 Å². The SMILES string of the molecule is COC[C@@H]1N=C(/C=C2\NCCC2(c2ccccc2)c2ccccc2)O[C@H]1c1ccccc1. The number of methoxy groups -OCH3 is 1. The van der Waals surface area contributed by atoms with Gasteiger partial charge in [0.2, 0.25) is 5.90 Å². The molecule has 3 aromatic rings. The van der Waals surface area contributed by atoms with Crippen molar-refractivity contribution in [3.63, 3.8) is 0 Å². The molecule has 32 heavy (non-hydrogen) atoms. The number of benzene rings is 3. The molecule has 0 radical (unpaired) electrons. The van der Waals surface area contributed by atoms with Crippen molar-refractivity contribution in [3.8, 4) is 0 Å². The Hall–Kier alpha value is -3.37. The molecule has 0 amide bonds. The highest BCUT2D eigenvalue weighted by molar-refractivity contribution is 5.90. The van der Waals surface area contributed by atoms with Gasteiger partial charge in [0.05, 0.1) is 12.0 Å². The van der Waals surface area contributed by atoms with Crippen LogP contribution in [0.15, 0.2) is 108 Å². The average Bonchev–Trinajstić information content (AvgIpc) is 3.46. The Labute approximate surface area is 189 Å². The van der Waals surface area contributed by atoms with E-state index in [1.54, 1.807) is 7.11 Å². The first-order valence-electron chi connectivity index (χ1n) is 11.2. The zero-order chi connectivity index (χ0) is 21.8. The van der Waals surface area contributed by atoms with Gasteiger partial charge in [-0.05, 0) is 23.1 Å². The molecule has 0 saturated carbocycles. The summed E-state index contributed by atoms with van der Waals surface area (Å²) in [5.41, 5.74) is 4.53. The summed E-state index contributed by atoms with van der Waals surface area (Å²) in [5.74, 6) is 0.654. The van der Waals surface area contributed by atoms with Gasteiger partial charge in [-0.25, -0.2) is 4.99 Å². The molecule has 1 saturated heterocycles. The van der Waals surface area contributed by atoms with Gasteiger partial charge in [0.15, 0.2) is 6.10 Å². The zero-order valence-corrected chi connectivity index (χ0v) is 18.3. The third-order valence-corrected chi connectivity index (χ3v) is 6.43. The smallest absolute Gasteiger partial charge is 0.211 e. The molecule has 2 heterocycles.